The smallest absolute Gasteiger partial charge is 0.258 e. The maximum atomic E-state index is 12.6. The predicted molar refractivity (Wildman–Crippen MR) is 102 cm³/mol. The molecule has 2 aromatic carbocycles. The molecule has 0 radical (unpaired) electrons. The number of aromatic nitrogens is 3. The van der Waals surface area contributed by atoms with Crippen molar-refractivity contribution in [2.45, 2.75) is 6.54 Å². The van der Waals surface area contributed by atoms with Crippen molar-refractivity contribution in [2.75, 3.05) is 5.32 Å². The highest BCUT2D eigenvalue weighted by molar-refractivity contribution is 6.31. The van der Waals surface area contributed by atoms with Crippen LogP contribution in [0.2, 0.25) is 5.02 Å². The highest BCUT2D eigenvalue weighted by Crippen LogP contribution is 2.23. The Bertz CT molecular complexity index is 1080. The summed E-state index contributed by atoms with van der Waals surface area (Å²) in [6.07, 6.45) is 6.75. The van der Waals surface area contributed by atoms with Gasteiger partial charge in [0, 0.05) is 40.1 Å². The molecule has 128 valence electrons. The van der Waals surface area contributed by atoms with E-state index in [-0.39, 0.29) is 5.91 Å². The van der Waals surface area contributed by atoms with E-state index in [4.69, 9.17) is 11.6 Å². The Labute approximate surface area is 155 Å². The van der Waals surface area contributed by atoms with Crippen molar-refractivity contribution in [2.24, 2.45) is 0 Å². The average Bonchev–Trinajstić information content (AvgIpc) is 3.13. The normalized spacial score (nSPS) is 10.8. The largest absolute Gasteiger partial charge is 0.321 e. The quantitative estimate of drug-likeness (QED) is 0.586. The van der Waals surface area contributed by atoms with E-state index < -0.39 is 0 Å². The van der Waals surface area contributed by atoms with Crippen LogP contribution in [-0.2, 0) is 6.54 Å². The van der Waals surface area contributed by atoms with Crippen LogP contribution >= 0.6 is 11.6 Å². The maximum Gasteiger partial charge on any atom is 0.258 e. The molecular formula is C20H15ClN4O. The molecule has 0 saturated carbocycles. The first-order valence-corrected chi connectivity index (χ1v) is 8.48. The fraction of sp³-hybridized carbons (Fsp3) is 0.0500. The van der Waals surface area contributed by atoms with Gasteiger partial charge in [0.05, 0.1) is 18.3 Å². The Balaban J connectivity index is 1.54. The molecule has 2 heterocycles. The molecule has 6 heteroatoms. The number of carbonyl (C=O) groups excluding carboxylic acids is 1. The summed E-state index contributed by atoms with van der Waals surface area (Å²) >= 11 is 6.18. The lowest BCUT2D eigenvalue weighted by atomic mass is 10.1. The van der Waals surface area contributed by atoms with E-state index in [2.05, 4.69) is 15.4 Å². The van der Waals surface area contributed by atoms with Crippen LogP contribution in [0.3, 0.4) is 0 Å². The lowest BCUT2D eigenvalue weighted by Crippen LogP contribution is -2.11. The minimum atomic E-state index is -0.209. The van der Waals surface area contributed by atoms with Gasteiger partial charge in [-0.25, -0.2) is 0 Å². The molecule has 0 bridgehead atoms. The molecule has 26 heavy (non-hydrogen) atoms. The second kappa shape index (κ2) is 6.98. The van der Waals surface area contributed by atoms with Crippen LogP contribution in [0, 0.1) is 0 Å². The summed E-state index contributed by atoms with van der Waals surface area (Å²) in [5, 5.41) is 9.80. The molecule has 2 aromatic heterocycles. The van der Waals surface area contributed by atoms with Gasteiger partial charge in [0.15, 0.2) is 0 Å². The van der Waals surface area contributed by atoms with E-state index in [1.807, 2.05) is 48.5 Å². The van der Waals surface area contributed by atoms with E-state index >= 15 is 0 Å². The topological polar surface area (TPSA) is 59.8 Å². The second-order valence-electron chi connectivity index (χ2n) is 5.87. The molecule has 1 N–H and O–H groups in total. The summed E-state index contributed by atoms with van der Waals surface area (Å²) in [5.41, 5.74) is 2.18. The Morgan fingerprint density at radius 3 is 2.85 bits per heavy atom. The number of halogens is 1. The van der Waals surface area contributed by atoms with Gasteiger partial charge in [0.25, 0.3) is 5.91 Å². The fourth-order valence-electron chi connectivity index (χ4n) is 2.79. The van der Waals surface area contributed by atoms with Crippen LogP contribution in [0.5, 0.6) is 0 Å². The first-order valence-electron chi connectivity index (χ1n) is 8.11. The van der Waals surface area contributed by atoms with Gasteiger partial charge in [-0.3, -0.25) is 14.5 Å². The van der Waals surface area contributed by atoms with Gasteiger partial charge >= 0.3 is 0 Å². The van der Waals surface area contributed by atoms with E-state index in [1.165, 1.54) is 0 Å². The van der Waals surface area contributed by atoms with Gasteiger partial charge in [-0.15, -0.1) is 0 Å². The summed E-state index contributed by atoms with van der Waals surface area (Å²) < 4.78 is 1.70. The van der Waals surface area contributed by atoms with Gasteiger partial charge in [0.2, 0.25) is 0 Å². The summed E-state index contributed by atoms with van der Waals surface area (Å²) in [7, 11) is 0. The molecule has 4 aromatic rings. The predicted octanol–water partition coefficient (Wildman–Crippen LogP) is 4.39. The standard InChI is InChI=1S/C20H15ClN4O/c21-18-6-2-1-4-15(18)12-25-13-16(11-23-25)20(26)24-19-7-3-5-14-10-22-9-8-17(14)19/h1-11,13H,12H2,(H,24,26). The zero-order valence-electron chi connectivity index (χ0n) is 13.8. The number of nitrogens with one attached hydrogen (secondary N) is 1. The van der Waals surface area contributed by atoms with Crippen LogP contribution in [0.15, 0.2) is 73.3 Å². The number of hydrogen-bond donors (Lipinski definition) is 1. The van der Waals surface area contributed by atoms with E-state index in [9.17, 15) is 4.79 Å². The van der Waals surface area contributed by atoms with Crippen molar-refractivity contribution in [1.82, 2.24) is 14.8 Å². The van der Waals surface area contributed by atoms with Gasteiger partial charge in [-0.05, 0) is 23.8 Å². The Hall–Kier alpha value is -3.18. The van der Waals surface area contributed by atoms with Crippen molar-refractivity contribution < 1.29 is 4.79 Å². The molecule has 0 spiro atoms. The molecule has 0 atom stereocenters. The summed E-state index contributed by atoms with van der Waals surface area (Å²) in [5.74, 6) is -0.209. The van der Waals surface area contributed by atoms with Crippen molar-refractivity contribution in [3.05, 3.63) is 89.5 Å². The number of pyridine rings is 1. The minimum absolute atomic E-state index is 0.209. The third-order valence-corrected chi connectivity index (χ3v) is 4.48. The first-order chi connectivity index (χ1) is 12.7. The highest BCUT2D eigenvalue weighted by Gasteiger charge is 2.11. The molecule has 0 aliphatic heterocycles. The molecular weight excluding hydrogens is 348 g/mol. The Morgan fingerprint density at radius 1 is 1.08 bits per heavy atom. The highest BCUT2D eigenvalue weighted by atomic mass is 35.5. The van der Waals surface area contributed by atoms with Gasteiger partial charge in [-0.1, -0.05) is 41.9 Å². The van der Waals surface area contributed by atoms with Gasteiger partial charge in [-0.2, -0.15) is 5.10 Å². The molecule has 0 fully saturated rings. The molecule has 4 rings (SSSR count). The maximum absolute atomic E-state index is 12.6. The second-order valence-corrected chi connectivity index (χ2v) is 6.28. The third kappa shape index (κ3) is 3.30. The molecule has 0 aliphatic rings. The average molecular weight is 363 g/mol. The van der Waals surface area contributed by atoms with Crippen LogP contribution in [0.1, 0.15) is 15.9 Å². The first kappa shape index (κ1) is 16.3. The monoisotopic (exact) mass is 362 g/mol. The molecule has 0 aliphatic carbocycles. The number of hydrogen-bond acceptors (Lipinski definition) is 3. The number of nitrogens with zero attached hydrogens (tertiary/aromatic N) is 3. The molecule has 1 amide bonds. The van der Waals surface area contributed by atoms with Gasteiger partial charge < -0.3 is 5.32 Å². The van der Waals surface area contributed by atoms with Gasteiger partial charge in [0.1, 0.15) is 0 Å². The summed E-state index contributed by atoms with van der Waals surface area (Å²) in [4.78, 5) is 16.7. The van der Waals surface area contributed by atoms with Crippen LogP contribution in [0.4, 0.5) is 5.69 Å². The Kier molecular flexibility index (Phi) is 4.37. The number of anilines is 1. The minimum Gasteiger partial charge on any atom is -0.321 e. The van der Waals surface area contributed by atoms with Crippen molar-refractivity contribution >= 4 is 34.0 Å². The van der Waals surface area contributed by atoms with Crippen molar-refractivity contribution in [3.63, 3.8) is 0 Å². The number of fused-ring (bicyclic) bond motifs is 1. The van der Waals surface area contributed by atoms with E-state index in [1.54, 1.807) is 29.5 Å². The molecule has 5 nitrogen and oxygen atoms in total. The zero-order valence-corrected chi connectivity index (χ0v) is 14.5. The molecule has 0 unspecified atom stereocenters. The van der Waals surface area contributed by atoms with Crippen LogP contribution in [0.25, 0.3) is 10.8 Å². The number of amides is 1. The molecule has 0 saturated heterocycles. The lowest BCUT2D eigenvalue weighted by Gasteiger charge is -2.07. The number of rotatable bonds is 4. The number of carbonyl (C=O) groups is 1. The summed E-state index contributed by atoms with van der Waals surface area (Å²) in [6.45, 7) is 0.507. The summed E-state index contributed by atoms with van der Waals surface area (Å²) in [6, 6.07) is 15.2. The SMILES string of the molecule is O=C(Nc1cccc2cnccc12)c1cnn(Cc2ccccc2Cl)c1. The Morgan fingerprint density at radius 2 is 1.96 bits per heavy atom. The fourth-order valence-corrected chi connectivity index (χ4v) is 2.99. The van der Waals surface area contributed by atoms with Crippen molar-refractivity contribution in [1.29, 1.82) is 0 Å². The zero-order chi connectivity index (χ0) is 17.9. The van der Waals surface area contributed by atoms with Crippen molar-refractivity contribution in [3.8, 4) is 0 Å². The van der Waals surface area contributed by atoms with E-state index in [0.29, 0.717) is 17.1 Å². The van der Waals surface area contributed by atoms with Crippen LogP contribution in [-0.4, -0.2) is 20.7 Å². The van der Waals surface area contributed by atoms with Crippen LogP contribution < -0.4 is 5.32 Å². The lowest BCUT2D eigenvalue weighted by molar-refractivity contribution is 0.102. The number of benzene rings is 2. The van der Waals surface area contributed by atoms with E-state index in [0.717, 1.165) is 22.0 Å². The third-order valence-electron chi connectivity index (χ3n) is 4.11.